The van der Waals surface area contributed by atoms with E-state index in [1.807, 2.05) is 0 Å². The van der Waals surface area contributed by atoms with Crippen molar-refractivity contribution < 1.29 is 19.1 Å². The van der Waals surface area contributed by atoms with Crippen molar-refractivity contribution in [2.75, 3.05) is 17.2 Å². The molecule has 0 spiro atoms. The van der Waals surface area contributed by atoms with E-state index in [1.165, 1.54) is 11.5 Å². The van der Waals surface area contributed by atoms with Gasteiger partial charge in [0.15, 0.2) is 0 Å². The number of carbonyl (C=O) groups is 2. The average molecular weight is 381 g/mol. The summed E-state index contributed by atoms with van der Waals surface area (Å²) in [7, 11) is 0. The van der Waals surface area contributed by atoms with Crippen molar-refractivity contribution in [3.63, 3.8) is 0 Å². The van der Waals surface area contributed by atoms with Crippen LogP contribution in [0.15, 0.2) is 48.5 Å². The van der Waals surface area contributed by atoms with Crippen molar-refractivity contribution in [2.24, 2.45) is 0 Å². The van der Waals surface area contributed by atoms with Crippen LogP contribution in [0.5, 0.6) is 5.75 Å². The van der Waals surface area contributed by atoms with E-state index in [-0.39, 0.29) is 24.5 Å². The summed E-state index contributed by atoms with van der Waals surface area (Å²) in [5.41, 5.74) is 1.79. The summed E-state index contributed by atoms with van der Waals surface area (Å²) in [4.78, 5) is 27.2. The topological polar surface area (TPSA) is 118 Å². The Morgan fingerprint density at radius 3 is 2.50 bits per heavy atom. The third kappa shape index (κ3) is 4.26. The van der Waals surface area contributed by atoms with Crippen LogP contribution in [-0.4, -0.2) is 34.2 Å². The second-order valence-electron chi connectivity index (χ2n) is 5.72. The molecule has 9 nitrogen and oxygen atoms in total. The monoisotopic (exact) mass is 381 g/mol. The number of hydrogen-bond donors (Lipinski definition) is 3. The predicted octanol–water partition coefficient (Wildman–Crippen LogP) is 3.42. The van der Waals surface area contributed by atoms with Crippen LogP contribution in [0.2, 0.25) is 0 Å². The van der Waals surface area contributed by atoms with Crippen LogP contribution in [0, 0.1) is 5.41 Å². The van der Waals surface area contributed by atoms with Gasteiger partial charge in [0.25, 0.3) is 0 Å². The van der Waals surface area contributed by atoms with E-state index in [0.717, 1.165) is 0 Å². The standard InChI is InChI=1S/C19H19N5O4/c1-3-27-19(26)23-18-22-15-6-4-5-7-16(15)24(18)17(20)28-14-10-8-13(9-11-14)21-12(2)25/h4-11,20H,3H2,1-2H3,(H,21,25)(H,22,23,26). The van der Waals surface area contributed by atoms with E-state index in [9.17, 15) is 9.59 Å². The van der Waals surface area contributed by atoms with E-state index >= 15 is 0 Å². The molecule has 0 saturated carbocycles. The fraction of sp³-hybridized carbons (Fsp3) is 0.158. The Kier molecular flexibility index (Phi) is 5.54. The summed E-state index contributed by atoms with van der Waals surface area (Å²) in [6, 6.07) is 13.4. The van der Waals surface area contributed by atoms with E-state index in [4.69, 9.17) is 14.9 Å². The first-order valence-electron chi connectivity index (χ1n) is 8.53. The van der Waals surface area contributed by atoms with Gasteiger partial charge in [0.1, 0.15) is 5.75 Å². The summed E-state index contributed by atoms with van der Waals surface area (Å²) >= 11 is 0. The van der Waals surface area contributed by atoms with Gasteiger partial charge in [-0.3, -0.25) is 15.5 Å². The molecule has 2 aromatic carbocycles. The number of benzene rings is 2. The first kappa shape index (κ1) is 18.9. The lowest BCUT2D eigenvalue weighted by molar-refractivity contribution is -0.114. The summed E-state index contributed by atoms with van der Waals surface area (Å²) in [5, 5.41) is 13.5. The van der Waals surface area contributed by atoms with Gasteiger partial charge in [-0.25, -0.2) is 14.3 Å². The molecule has 0 atom stereocenters. The quantitative estimate of drug-likeness (QED) is 0.473. The third-order valence-electron chi connectivity index (χ3n) is 3.64. The van der Waals surface area contributed by atoms with Gasteiger partial charge in [0.2, 0.25) is 11.9 Å². The van der Waals surface area contributed by atoms with Gasteiger partial charge in [0, 0.05) is 12.6 Å². The minimum Gasteiger partial charge on any atom is -0.450 e. The summed E-state index contributed by atoms with van der Waals surface area (Å²) in [5.74, 6) is 0.319. The van der Waals surface area contributed by atoms with Crippen molar-refractivity contribution in [1.29, 1.82) is 5.41 Å². The third-order valence-corrected chi connectivity index (χ3v) is 3.64. The Morgan fingerprint density at radius 1 is 1.11 bits per heavy atom. The molecule has 3 N–H and O–H groups in total. The molecule has 0 aliphatic rings. The number of imidazole rings is 1. The van der Waals surface area contributed by atoms with E-state index in [0.29, 0.717) is 22.5 Å². The van der Waals surface area contributed by atoms with Crippen molar-refractivity contribution in [1.82, 2.24) is 9.55 Å². The highest BCUT2D eigenvalue weighted by atomic mass is 16.5. The molecule has 3 aromatic rings. The molecule has 28 heavy (non-hydrogen) atoms. The maximum Gasteiger partial charge on any atom is 0.413 e. The van der Waals surface area contributed by atoms with Crippen LogP contribution in [0.25, 0.3) is 11.0 Å². The maximum atomic E-state index is 11.8. The van der Waals surface area contributed by atoms with Crippen LogP contribution in [0.3, 0.4) is 0 Å². The lowest BCUT2D eigenvalue weighted by Gasteiger charge is -2.12. The molecule has 0 aliphatic heterocycles. The largest absolute Gasteiger partial charge is 0.450 e. The minimum absolute atomic E-state index is 0.111. The number of nitrogens with zero attached hydrogens (tertiary/aromatic N) is 2. The molecule has 0 unspecified atom stereocenters. The van der Waals surface area contributed by atoms with Crippen molar-refractivity contribution in [3.05, 3.63) is 48.5 Å². The molecular weight excluding hydrogens is 362 g/mol. The van der Waals surface area contributed by atoms with Gasteiger partial charge in [-0.15, -0.1) is 0 Å². The lowest BCUT2D eigenvalue weighted by Crippen LogP contribution is -2.23. The summed E-state index contributed by atoms with van der Waals surface area (Å²) in [6.45, 7) is 3.32. The first-order chi connectivity index (χ1) is 13.5. The number of aromatic nitrogens is 2. The van der Waals surface area contributed by atoms with E-state index in [1.54, 1.807) is 55.5 Å². The zero-order valence-electron chi connectivity index (χ0n) is 15.4. The fourth-order valence-corrected chi connectivity index (χ4v) is 2.54. The number of anilines is 2. The molecule has 1 heterocycles. The Labute approximate surface area is 160 Å². The highest BCUT2D eigenvalue weighted by Crippen LogP contribution is 2.22. The number of carbonyl (C=O) groups excluding carboxylic acids is 2. The highest BCUT2D eigenvalue weighted by molar-refractivity contribution is 5.95. The summed E-state index contributed by atoms with van der Waals surface area (Å²) < 4.78 is 11.9. The normalized spacial score (nSPS) is 10.4. The van der Waals surface area contributed by atoms with E-state index < -0.39 is 6.09 Å². The van der Waals surface area contributed by atoms with Gasteiger partial charge >= 0.3 is 12.1 Å². The van der Waals surface area contributed by atoms with Crippen molar-refractivity contribution in [3.8, 4) is 5.75 Å². The smallest absolute Gasteiger partial charge is 0.413 e. The second kappa shape index (κ2) is 8.21. The zero-order valence-corrected chi connectivity index (χ0v) is 15.4. The van der Waals surface area contributed by atoms with Gasteiger partial charge in [0.05, 0.1) is 17.6 Å². The molecule has 0 radical (unpaired) electrons. The van der Waals surface area contributed by atoms with Crippen LogP contribution in [-0.2, 0) is 9.53 Å². The van der Waals surface area contributed by atoms with Gasteiger partial charge in [-0.2, -0.15) is 0 Å². The van der Waals surface area contributed by atoms with Crippen LogP contribution in [0.4, 0.5) is 16.4 Å². The van der Waals surface area contributed by atoms with Gasteiger partial charge in [-0.05, 0) is 43.3 Å². The first-order valence-corrected chi connectivity index (χ1v) is 8.53. The molecule has 144 valence electrons. The van der Waals surface area contributed by atoms with Crippen LogP contribution < -0.4 is 15.4 Å². The number of rotatable bonds is 4. The number of para-hydroxylation sites is 2. The molecule has 0 saturated heterocycles. The van der Waals surface area contributed by atoms with Crippen molar-refractivity contribution >= 4 is 40.7 Å². The molecule has 2 amide bonds. The molecular formula is C19H19N5O4. The Hall–Kier alpha value is -3.88. The number of nitrogens with one attached hydrogen (secondary N) is 3. The predicted molar refractivity (Wildman–Crippen MR) is 105 cm³/mol. The Bertz CT molecular complexity index is 1030. The van der Waals surface area contributed by atoms with Crippen LogP contribution >= 0.6 is 0 Å². The lowest BCUT2D eigenvalue weighted by atomic mass is 10.3. The molecule has 0 fully saturated rings. The minimum atomic E-state index is -0.675. The molecule has 9 heteroatoms. The van der Waals surface area contributed by atoms with E-state index in [2.05, 4.69) is 15.6 Å². The molecule has 1 aromatic heterocycles. The zero-order chi connectivity index (χ0) is 20.1. The molecule has 3 rings (SSSR count). The molecule has 0 bridgehead atoms. The van der Waals surface area contributed by atoms with Gasteiger partial charge < -0.3 is 14.8 Å². The molecule has 0 aliphatic carbocycles. The summed E-state index contributed by atoms with van der Waals surface area (Å²) in [6.07, 6.45) is -0.675. The number of hydrogen-bond acceptors (Lipinski definition) is 6. The Balaban J connectivity index is 1.87. The van der Waals surface area contributed by atoms with Gasteiger partial charge in [-0.1, -0.05) is 12.1 Å². The maximum absolute atomic E-state index is 11.8. The number of fused-ring (bicyclic) bond motifs is 1. The second-order valence-corrected chi connectivity index (χ2v) is 5.72. The number of amides is 2. The Morgan fingerprint density at radius 2 is 1.82 bits per heavy atom. The van der Waals surface area contributed by atoms with Crippen LogP contribution in [0.1, 0.15) is 13.8 Å². The fourth-order valence-electron chi connectivity index (χ4n) is 2.54. The number of ether oxygens (including phenoxy) is 2. The SMILES string of the molecule is CCOC(=O)Nc1nc2ccccc2n1C(=N)Oc1ccc(NC(C)=O)cc1. The average Bonchev–Trinajstić information content (AvgIpc) is 3.00. The highest BCUT2D eigenvalue weighted by Gasteiger charge is 2.18. The van der Waals surface area contributed by atoms with Crippen molar-refractivity contribution in [2.45, 2.75) is 13.8 Å².